The van der Waals surface area contributed by atoms with E-state index in [9.17, 15) is 9.59 Å². The fraction of sp³-hybridized carbons (Fsp3) is 0.525. The summed E-state index contributed by atoms with van der Waals surface area (Å²) in [5, 5.41) is 7.08. The second-order valence-corrected chi connectivity index (χ2v) is 17.2. The van der Waals surface area contributed by atoms with Crippen molar-refractivity contribution in [3.05, 3.63) is 70.3 Å². The van der Waals surface area contributed by atoms with Gasteiger partial charge in [-0.15, -0.1) is 0 Å². The second kappa shape index (κ2) is 14.2. The molecule has 0 saturated carbocycles. The number of halogens is 1. The summed E-state index contributed by atoms with van der Waals surface area (Å²) in [5.74, 6) is 0.613. The maximum Gasteiger partial charge on any atom is 0.410 e. The van der Waals surface area contributed by atoms with Gasteiger partial charge in [0.1, 0.15) is 11.2 Å². The number of likely N-dealkylation sites (tertiary alicyclic amines) is 2. The van der Waals surface area contributed by atoms with Crippen LogP contribution in [0.5, 0.6) is 5.88 Å². The van der Waals surface area contributed by atoms with E-state index in [1.807, 2.05) is 69.7 Å². The molecule has 274 valence electrons. The molecule has 0 radical (unpaired) electrons. The summed E-state index contributed by atoms with van der Waals surface area (Å²) in [6, 6.07) is 16.9. The molecule has 7 rings (SSSR count). The lowest BCUT2D eigenvalue weighted by atomic mass is 9.74. The SMILES string of the molecule is CC(C)(C)OC(=O)N1CCC2(CC1)CNc1ccc(Br)cc12.COc1ccc(-c2ccc3c(c2)C2(CCN(C(=O)OC(C)(C)C)CC2)CN3)cn1. The maximum atomic E-state index is 12.4. The molecule has 3 aromatic rings. The van der Waals surface area contributed by atoms with Crippen LogP contribution in [-0.4, -0.2) is 84.6 Å². The molecule has 2 spiro atoms. The van der Waals surface area contributed by atoms with E-state index in [1.165, 1.54) is 22.5 Å². The van der Waals surface area contributed by atoms with Crippen LogP contribution in [0, 0.1) is 0 Å². The number of carbonyl (C=O) groups excluding carboxylic acids is 2. The molecule has 0 atom stereocenters. The van der Waals surface area contributed by atoms with Crippen molar-refractivity contribution in [3.63, 3.8) is 0 Å². The van der Waals surface area contributed by atoms with Gasteiger partial charge in [0.25, 0.3) is 0 Å². The molecule has 1 aromatic heterocycles. The van der Waals surface area contributed by atoms with Crippen molar-refractivity contribution in [1.29, 1.82) is 0 Å². The number of ether oxygens (including phenoxy) is 3. The first-order chi connectivity index (χ1) is 24.1. The Morgan fingerprint density at radius 1 is 0.706 bits per heavy atom. The minimum Gasteiger partial charge on any atom is -0.481 e. The summed E-state index contributed by atoms with van der Waals surface area (Å²) in [7, 11) is 1.62. The van der Waals surface area contributed by atoms with Gasteiger partial charge in [0.15, 0.2) is 0 Å². The molecule has 4 aliphatic heterocycles. The van der Waals surface area contributed by atoms with Crippen LogP contribution in [0.2, 0.25) is 0 Å². The number of anilines is 2. The van der Waals surface area contributed by atoms with Crippen LogP contribution < -0.4 is 15.4 Å². The Bertz CT molecular complexity index is 1730. The molecular weight excluding hydrogens is 710 g/mol. The zero-order chi connectivity index (χ0) is 36.6. The predicted octanol–water partition coefficient (Wildman–Crippen LogP) is 8.59. The molecule has 4 aliphatic rings. The van der Waals surface area contributed by atoms with Crippen molar-refractivity contribution in [2.75, 3.05) is 57.0 Å². The number of pyridine rings is 1. The van der Waals surface area contributed by atoms with Gasteiger partial charge in [-0.25, -0.2) is 14.6 Å². The van der Waals surface area contributed by atoms with Gasteiger partial charge in [0.2, 0.25) is 5.88 Å². The van der Waals surface area contributed by atoms with Crippen LogP contribution in [0.1, 0.15) is 78.4 Å². The lowest BCUT2D eigenvalue weighted by Crippen LogP contribution is -2.47. The molecule has 0 aliphatic carbocycles. The number of methoxy groups -OCH3 is 1. The number of carbonyl (C=O) groups is 2. The van der Waals surface area contributed by atoms with Crippen LogP contribution in [0.15, 0.2) is 59.2 Å². The molecule has 2 aromatic carbocycles. The number of amides is 2. The highest BCUT2D eigenvalue weighted by Crippen LogP contribution is 2.46. The molecule has 11 heteroatoms. The number of benzene rings is 2. The number of aromatic nitrogens is 1. The first-order valence-corrected chi connectivity index (χ1v) is 18.8. The molecule has 0 bridgehead atoms. The molecule has 10 nitrogen and oxygen atoms in total. The minimum atomic E-state index is -0.463. The smallest absolute Gasteiger partial charge is 0.410 e. The van der Waals surface area contributed by atoms with Gasteiger partial charge >= 0.3 is 12.2 Å². The lowest BCUT2D eigenvalue weighted by Gasteiger charge is -2.39. The normalized spacial score (nSPS) is 18.5. The Labute approximate surface area is 310 Å². The fourth-order valence-corrected chi connectivity index (χ4v) is 7.96. The fourth-order valence-electron chi connectivity index (χ4n) is 7.60. The zero-order valence-corrected chi connectivity index (χ0v) is 32.6. The number of fused-ring (bicyclic) bond motifs is 4. The van der Waals surface area contributed by atoms with Crippen LogP contribution in [0.4, 0.5) is 21.0 Å². The van der Waals surface area contributed by atoms with E-state index in [0.29, 0.717) is 19.0 Å². The Morgan fingerprint density at radius 2 is 1.18 bits per heavy atom. The summed E-state index contributed by atoms with van der Waals surface area (Å²) in [6.45, 7) is 16.2. The van der Waals surface area contributed by atoms with Gasteiger partial charge < -0.3 is 34.6 Å². The summed E-state index contributed by atoms with van der Waals surface area (Å²) in [6.07, 6.45) is 5.25. The Kier molecular flexibility index (Phi) is 10.2. The van der Waals surface area contributed by atoms with E-state index in [4.69, 9.17) is 14.2 Å². The van der Waals surface area contributed by atoms with Crippen LogP contribution >= 0.6 is 15.9 Å². The molecule has 5 heterocycles. The number of piperidine rings is 2. The van der Waals surface area contributed by atoms with Gasteiger partial charge in [0.05, 0.1) is 7.11 Å². The van der Waals surface area contributed by atoms with Crippen LogP contribution in [-0.2, 0) is 20.3 Å². The van der Waals surface area contributed by atoms with E-state index in [2.05, 4.69) is 67.9 Å². The first kappa shape index (κ1) is 36.8. The van der Waals surface area contributed by atoms with Crippen LogP contribution in [0.3, 0.4) is 0 Å². The van der Waals surface area contributed by atoms with Gasteiger partial charge in [-0.05, 0) is 120 Å². The summed E-state index contributed by atoms with van der Waals surface area (Å²) < 4.78 is 17.3. The molecule has 0 unspecified atom stereocenters. The van der Waals surface area contributed by atoms with Gasteiger partial charge in [-0.1, -0.05) is 22.0 Å². The summed E-state index contributed by atoms with van der Waals surface area (Å²) >= 11 is 3.57. The highest BCUT2D eigenvalue weighted by Gasteiger charge is 2.44. The van der Waals surface area contributed by atoms with Crippen LogP contribution in [0.25, 0.3) is 11.1 Å². The van der Waals surface area contributed by atoms with Crippen molar-refractivity contribution >= 4 is 39.5 Å². The van der Waals surface area contributed by atoms with Gasteiger partial charge in [-0.3, -0.25) is 0 Å². The number of nitrogens with zero attached hydrogens (tertiary/aromatic N) is 3. The van der Waals surface area contributed by atoms with Crippen molar-refractivity contribution < 1.29 is 23.8 Å². The first-order valence-electron chi connectivity index (χ1n) is 18.0. The highest BCUT2D eigenvalue weighted by molar-refractivity contribution is 9.10. The summed E-state index contributed by atoms with van der Waals surface area (Å²) in [5.41, 5.74) is 6.68. The molecule has 2 fully saturated rings. The molecule has 2 N–H and O–H groups in total. The average molecular weight is 763 g/mol. The monoisotopic (exact) mass is 761 g/mol. The quantitative estimate of drug-likeness (QED) is 0.268. The third-order valence-electron chi connectivity index (χ3n) is 10.4. The Balaban J connectivity index is 0.000000183. The standard InChI is InChI=1S/C23H29N3O3.C17H23BrN2O2/c1-22(2,3)29-21(27)26-11-9-23(10-12-26)15-25-19-7-5-16(13-18(19)23)17-6-8-20(28-4)24-14-17;1-16(2,3)22-15(21)20-8-6-17(7-9-20)11-19-14-5-4-12(18)10-13(14)17/h5-8,13-14,25H,9-12,15H2,1-4H3;4-5,10,19H,6-9,11H2,1-3H3. The lowest BCUT2D eigenvalue weighted by molar-refractivity contribution is 0.0161. The number of rotatable bonds is 2. The third kappa shape index (κ3) is 8.24. The van der Waals surface area contributed by atoms with E-state index in [0.717, 1.165) is 67.5 Å². The minimum absolute atomic E-state index is 0.0593. The second-order valence-electron chi connectivity index (χ2n) is 16.2. The summed E-state index contributed by atoms with van der Waals surface area (Å²) in [4.78, 5) is 32.6. The van der Waals surface area contributed by atoms with Crippen molar-refractivity contribution in [2.45, 2.75) is 89.3 Å². The largest absolute Gasteiger partial charge is 0.481 e. The molecule has 2 saturated heterocycles. The van der Waals surface area contributed by atoms with E-state index < -0.39 is 11.2 Å². The van der Waals surface area contributed by atoms with Gasteiger partial charge in [0, 0.05) is 83.8 Å². The van der Waals surface area contributed by atoms with Crippen molar-refractivity contribution in [3.8, 4) is 17.0 Å². The molecular formula is C40H52BrN5O5. The number of hydrogen-bond donors (Lipinski definition) is 2. The molecule has 2 amide bonds. The van der Waals surface area contributed by atoms with E-state index in [-0.39, 0.29) is 23.0 Å². The topological polar surface area (TPSA) is 105 Å². The Hall–Kier alpha value is -3.99. The van der Waals surface area contributed by atoms with Gasteiger partial charge in [-0.2, -0.15) is 0 Å². The number of hydrogen-bond acceptors (Lipinski definition) is 8. The predicted molar refractivity (Wildman–Crippen MR) is 205 cm³/mol. The third-order valence-corrected chi connectivity index (χ3v) is 10.9. The van der Waals surface area contributed by atoms with E-state index in [1.54, 1.807) is 7.11 Å². The Morgan fingerprint density at radius 3 is 1.63 bits per heavy atom. The van der Waals surface area contributed by atoms with E-state index >= 15 is 0 Å². The highest BCUT2D eigenvalue weighted by atomic mass is 79.9. The van der Waals surface area contributed by atoms with Crippen molar-refractivity contribution in [1.82, 2.24) is 14.8 Å². The number of nitrogens with one attached hydrogen (secondary N) is 2. The maximum absolute atomic E-state index is 12.4. The van der Waals surface area contributed by atoms with Crippen molar-refractivity contribution in [2.24, 2.45) is 0 Å². The molecule has 51 heavy (non-hydrogen) atoms. The average Bonchev–Trinajstić information content (AvgIpc) is 3.61. The zero-order valence-electron chi connectivity index (χ0n) is 31.0.